The van der Waals surface area contributed by atoms with Crippen molar-refractivity contribution in [2.45, 2.75) is 169 Å². The van der Waals surface area contributed by atoms with E-state index in [1.807, 2.05) is 26.8 Å². The van der Waals surface area contributed by atoms with Crippen LogP contribution in [0.25, 0.3) is 0 Å². The van der Waals surface area contributed by atoms with Crippen molar-refractivity contribution < 1.29 is 74.5 Å². The highest BCUT2D eigenvalue weighted by Gasteiger charge is 2.46. The van der Waals surface area contributed by atoms with Gasteiger partial charge in [0.05, 0.1) is 24.4 Å². The molecule has 1 fully saturated rings. The molecule has 0 radical (unpaired) electrons. The van der Waals surface area contributed by atoms with E-state index in [4.69, 9.17) is 24.1 Å². The highest BCUT2D eigenvalue weighted by Crippen LogP contribution is 2.33. The van der Waals surface area contributed by atoms with Gasteiger partial charge in [0.25, 0.3) is 0 Å². The minimum Gasteiger partial charge on any atom is -0.463 e. The van der Waals surface area contributed by atoms with Crippen LogP contribution in [0.4, 0.5) is 0 Å². The summed E-state index contributed by atoms with van der Waals surface area (Å²) in [6.45, 7) is 18.3. The van der Waals surface area contributed by atoms with Crippen LogP contribution in [0.15, 0.2) is 34.9 Å². The van der Waals surface area contributed by atoms with Crippen LogP contribution >= 0.6 is 0 Å². The summed E-state index contributed by atoms with van der Waals surface area (Å²) in [7, 11) is 0. The fraction of sp³-hybridized carbons (Fsp3) is 0.810. The molecule has 1 saturated heterocycles. The average Bonchev–Trinajstić information content (AvgIpc) is 3.12. The van der Waals surface area contributed by atoms with Crippen LogP contribution in [0.3, 0.4) is 0 Å². The van der Waals surface area contributed by atoms with Crippen molar-refractivity contribution in [1.82, 2.24) is 0 Å². The molecule has 0 aromatic heterocycles. The number of esters is 2. The zero-order valence-corrected chi connectivity index (χ0v) is 35.8. The monoisotopic (exact) mass is 819 g/mol. The number of carbonyl (C=O) groups excluding carboxylic acids is 2. The lowest BCUT2D eigenvalue weighted by Crippen LogP contribution is -2.60. The third kappa shape index (κ3) is 17.9. The van der Waals surface area contributed by atoms with Gasteiger partial charge in [0.2, 0.25) is 0 Å². The lowest BCUT2D eigenvalue weighted by molar-refractivity contribution is -0.317. The van der Waals surface area contributed by atoms with E-state index in [1.54, 1.807) is 26.8 Å². The van der Waals surface area contributed by atoms with E-state index < -0.39 is 97.9 Å². The Bertz CT molecular complexity index is 1310. The molecule has 0 aliphatic carbocycles. The molecule has 1 aliphatic heterocycles. The Morgan fingerprint density at radius 3 is 2.00 bits per heavy atom. The second-order valence-electron chi connectivity index (χ2n) is 16.8. The first-order valence-electron chi connectivity index (χ1n) is 20.1. The quantitative estimate of drug-likeness (QED) is 0.0384. The molecule has 1 aliphatic rings. The zero-order valence-electron chi connectivity index (χ0n) is 35.8. The summed E-state index contributed by atoms with van der Waals surface area (Å²) in [6.07, 6.45) is -5.71. The summed E-state index contributed by atoms with van der Waals surface area (Å²) >= 11 is 0. The van der Waals surface area contributed by atoms with Gasteiger partial charge in [0.15, 0.2) is 6.29 Å². The molecule has 332 valence electrons. The van der Waals surface area contributed by atoms with Crippen molar-refractivity contribution in [3.8, 4) is 0 Å². The lowest BCUT2D eigenvalue weighted by atomic mass is 9.82. The standard InChI is InChI=1S/C42H74O15/c1-12-22(2)13-23(3)14-26(6)39(57-41-38(51)37(50)36(49)33(56-41)21-54-30(10)44)27(7)15-24(4)17-42(11,53)18-29(9)34(47)25(5)16-28(8)40(52)55-20-32(46)35(48)31(45)19-43/h15-16,18,22-23,25-27,31-39,41,43,45-51,53H,12-14,17,19-21H2,1-11H3/b24-15+,28-16+,29-18+/t22-,23-,25-,26-,27-,31+,32+,33+,34?,35+,36+,37-,38-,39+,41-,42-/m0/s1. The van der Waals surface area contributed by atoms with E-state index in [1.165, 1.54) is 19.9 Å². The molecule has 0 amide bonds. The van der Waals surface area contributed by atoms with E-state index in [0.29, 0.717) is 17.4 Å². The summed E-state index contributed by atoms with van der Waals surface area (Å²) in [5, 5.41) is 92.7. The van der Waals surface area contributed by atoms with Gasteiger partial charge in [-0.25, -0.2) is 4.79 Å². The molecule has 9 N–H and O–H groups in total. The molecule has 0 bridgehead atoms. The predicted molar refractivity (Wildman–Crippen MR) is 212 cm³/mol. The van der Waals surface area contributed by atoms with Gasteiger partial charge in [-0.2, -0.15) is 0 Å². The van der Waals surface area contributed by atoms with Crippen LogP contribution in [-0.4, -0.2) is 145 Å². The van der Waals surface area contributed by atoms with Crippen molar-refractivity contribution >= 4 is 11.9 Å². The molecule has 0 aromatic carbocycles. The lowest BCUT2D eigenvalue weighted by Gasteiger charge is -2.43. The maximum absolute atomic E-state index is 12.5. The molecule has 0 spiro atoms. The Balaban J connectivity index is 3.20. The third-order valence-corrected chi connectivity index (χ3v) is 10.6. The van der Waals surface area contributed by atoms with Gasteiger partial charge < -0.3 is 64.9 Å². The van der Waals surface area contributed by atoms with Gasteiger partial charge in [0, 0.05) is 30.8 Å². The number of hydrogen-bond acceptors (Lipinski definition) is 15. The Kier molecular flexibility index (Phi) is 22.9. The van der Waals surface area contributed by atoms with Gasteiger partial charge in [-0.05, 0) is 63.9 Å². The normalized spacial score (nSPS) is 27.5. The van der Waals surface area contributed by atoms with Gasteiger partial charge in [-0.1, -0.05) is 71.8 Å². The highest BCUT2D eigenvalue weighted by molar-refractivity contribution is 5.87. The first kappa shape index (κ1) is 52.7. The number of carbonyl (C=O) groups is 2. The van der Waals surface area contributed by atoms with Crippen molar-refractivity contribution in [3.05, 3.63) is 34.9 Å². The molecular formula is C42H74O15. The Hall–Kier alpha value is -2.28. The van der Waals surface area contributed by atoms with Crippen LogP contribution in [0, 0.1) is 29.6 Å². The van der Waals surface area contributed by atoms with E-state index in [2.05, 4.69) is 20.8 Å². The summed E-state index contributed by atoms with van der Waals surface area (Å²) in [5.41, 5.74) is -0.0354. The Morgan fingerprint density at radius 2 is 1.44 bits per heavy atom. The summed E-state index contributed by atoms with van der Waals surface area (Å²) in [6, 6.07) is 0. The first-order valence-corrected chi connectivity index (χ1v) is 20.1. The third-order valence-electron chi connectivity index (χ3n) is 10.6. The fourth-order valence-electron chi connectivity index (χ4n) is 7.52. The number of aliphatic hydroxyl groups excluding tert-OH is 8. The fourth-order valence-corrected chi connectivity index (χ4v) is 7.52. The molecule has 0 saturated carbocycles. The van der Waals surface area contributed by atoms with Crippen molar-refractivity contribution in [2.75, 3.05) is 19.8 Å². The Labute approximate surface area is 339 Å². The van der Waals surface area contributed by atoms with Gasteiger partial charge in [-0.3, -0.25) is 4.79 Å². The molecule has 15 heteroatoms. The zero-order chi connectivity index (χ0) is 43.9. The van der Waals surface area contributed by atoms with Crippen LogP contribution in [0.5, 0.6) is 0 Å². The Morgan fingerprint density at radius 1 is 0.825 bits per heavy atom. The minimum atomic E-state index is -1.72. The number of rotatable bonds is 24. The van der Waals surface area contributed by atoms with E-state index in [-0.39, 0.29) is 30.4 Å². The van der Waals surface area contributed by atoms with E-state index >= 15 is 0 Å². The van der Waals surface area contributed by atoms with Gasteiger partial charge >= 0.3 is 11.9 Å². The van der Waals surface area contributed by atoms with Crippen LogP contribution in [0.2, 0.25) is 0 Å². The number of aliphatic hydroxyl groups is 9. The predicted octanol–water partition coefficient (Wildman–Crippen LogP) is 2.07. The van der Waals surface area contributed by atoms with Crippen LogP contribution in [-0.2, 0) is 28.5 Å². The van der Waals surface area contributed by atoms with E-state index in [9.17, 15) is 50.4 Å². The molecule has 15 nitrogen and oxygen atoms in total. The molecule has 0 aromatic rings. The van der Waals surface area contributed by atoms with Crippen molar-refractivity contribution in [1.29, 1.82) is 0 Å². The second-order valence-corrected chi connectivity index (χ2v) is 16.8. The average molecular weight is 819 g/mol. The van der Waals surface area contributed by atoms with Crippen LogP contribution < -0.4 is 0 Å². The maximum atomic E-state index is 12.5. The largest absolute Gasteiger partial charge is 0.463 e. The molecule has 1 unspecified atom stereocenters. The highest BCUT2D eigenvalue weighted by atomic mass is 16.7. The number of hydrogen-bond donors (Lipinski definition) is 9. The summed E-state index contributed by atoms with van der Waals surface area (Å²) in [4.78, 5) is 23.9. The van der Waals surface area contributed by atoms with E-state index in [0.717, 1.165) is 24.8 Å². The topological polar surface area (TPSA) is 253 Å². The minimum absolute atomic E-state index is 0.0567. The van der Waals surface area contributed by atoms with Gasteiger partial charge in [0.1, 0.15) is 55.9 Å². The smallest absolute Gasteiger partial charge is 0.333 e. The number of ether oxygens (including phenoxy) is 4. The van der Waals surface area contributed by atoms with Crippen molar-refractivity contribution in [2.24, 2.45) is 29.6 Å². The molecule has 1 rings (SSSR count). The first-order chi connectivity index (χ1) is 26.3. The summed E-state index contributed by atoms with van der Waals surface area (Å²) in [5.74, 6) is -1.46. The molecule has 16 atom stereocenters. The summed E-state index contributed by atoms with van der Waals surface area (Å²) < 4.78 is 22.4. The molecular weight excluding hydrogens is 744 g/mol. The van der Waals surface area contributed by atoms with Crippen LogP contribution in [0.1, 0.15) is 102 Å². The SMILES string of the molecule is CC[C@H](C)C[C@H](C)C[C@H](C)[C@@H](O[C@@H]1O[C@H](COC(C)=O)[C@@H](O)[C@H](O)[C@@H]1O)[C@@H](C)/C=C(\C)C[C@](C)(O)/C=C(\C)C(O)[C@@H](C)/C=C(\C)C(=O)OC[C@@H](O)[C@H](O)[C@H](O)CO. The van der Waals surface area contributed by atoms with Crippen molar-refractivity contribution in [3.63, 3.8) is 0 Å². The molecule has 1 heterocycles. The second kappa shape index (κ2) is 24.7. The molecule has 57 heavy (non-hydrogen) atoms. The van der Waals surface area contributed by atoms with Gasteiger partial charge in [-0.15, -0.1) is 0 Å². The maximum Gasteiger partial charge on any atom is 0.333 e.